The van der Waals surface area contributed by atoms with Gasteiger partial charge in [0.2, 0.25) is 0 Å². The molecular weight excluding hydrogens is 332 g/mol. The lowest BCUT2D eigenvalue weighted by Crippen LogP contribution is -2.33. The first kappa shape index (κ1) is 21.8. The average molecular weight is 364 g/mol. The molecule has 6 heteroatoms. The fourth-order valence-electron chi connectivity index (χ4n) is 2.76. The van der Waals surface area contributed by atoms with Gasteiger partial charge in [-0.2, -0.15) is 0 Å². The summed E-state index contributed by atoms with van der Waals surface area (Å²) in [5.74, 6) is 0.393. The molecule has 0 saturated heterocycles. The number of hydrogen-bond acceptors (Lipinski definition) is 3. The Morgan fingerprint density at radius 3 is 2.31 bits per heavy atom. The molecule has 1 atom stereocenters. The Labute approximate surface area is 156 Å². The highest BCUT2D eigenvalue weighted by molar-refractivity contribution is 5.85. The third kappa shape index (κ3) is 7.76. The van der Waals surface area contributed by atoms with Crippen LogP contribution < -0.4 is 10.2 Å². The smallest absolute Gasteiger partial charge is 0.411 e. The monoisotopic (exact) mass is 364 g/mol. The Bertz CT molecular complexity index is 578. The highest BCUT2D eigenvalue weighted by atomic mass is 16.6. The molecule has 0 radical (unpaired) electrons. The van der Waals surface area contributed by atoms with Crippen LogP contribution in [0.3, 0.4) is 0 Å². The molecule has 0 spiro atoms. The number of benzene rings is 1. The zero-order valence-corrected chi connectivity index (χ0v) is 16.5. The lowest BCUT2D eigenvalue weighted by atomic mass is 9.90. The van der Waals surface area contributed by atoms with Crippen molar-refractivity contribution in [3.05, 3.63) is 29.8 Å². The third-order valence-corrected chi connectivity index (χ3v) is 4.07. The van der Waals surface area contributed by atoms with Crippen LogP contribution >= 0.6 is 0 Å². The van der Waals surface area contributed by atoms with Crippen LogP contribution in [0.15, 0.2) is 24.3 Å². The molecule has 0 heterocycles. The van der Waals surface area contributed by atoms with Gasteiger partial charge in [0, 0.05) is 19.3 Å². The van der Waals surface area contributed by atoms with Crippen LogP contribution in [0.25, 0.3) is 0 Å². The van der Waals surface area contributed by atoms with Gasteiger partial charge in [-0.05, 0) is 63.6 Å². The van der Waals surface area contributed by atoms with Crippen LogP contribution in [-0.4, -0.2) is 36.5 Å². The number of alkyl carbamates (subject to hydrolysis) is 1. The van der Waals surface area contributed by atoms with E-state index in [1.54, 1.807) is 0 Å². The van der Waals surface area contributed by atoms with E-state index < -0.39 is 11.7 Å². The summed E-state index contributed by atoms with van der Waals surface area (Å²) in [4.78, 5) is 23.9. The molecular formula is C20H32N2O4. The van der Waals surface area contributed by atoms with Crippen molar-refractivity contribution in [2.75, 3.05) is 18.5 Å². The Morgan fingerprint density at radius 1 is 1.19 bits per heavy atom. The maximum absolute atomic E-state index is 11.7. The molecule has 6 nitrogen and oxygen atoms in total. The molecule has 1 aromatic carbocycles. The van der Waals surface area contributed by atoms with E-state index in [-0.39, 0.29) is 6.09 Å². The molecule has 146 valence electrons. The SMILES string of the molecule is CCCC(CCCNC(=O)OC(C)(C)C)c1ccc(N(C)C(=O)O)cc1. The second kappa shape index (κ2) is 10.0. The first-order chi connectivity index (χ1) is 12.1. The Kier molecular flexibility index (Phi) is 8.42. The summed E-state index contributed by atoms with van der Waals surface area (Å²) >= 11 is 0. The maximum atomic E-state index is 11.7. The minimum absolute atomic E-state index is 0.384. The van der Waals surface area contributed by atoms with Crippen LogP contribution in [0.2, 0.25) is 0 Å². The molecule has 0 aromatic heterocycles. The molecule has 0 saturated carbocycles. The van der Waals surface area contributed by atoms with Crippen LogP contribution in [0.4, 0.5) is 15.3 Å². The van der Waals surface area contributed by atoms with Crippen molar-refractivity contribution in [3.63, 3.8) is 0 Å². The summed E-state index contributed by atoms with van der Waals surface area (Å²) in [6.07, 6.45) is 2.58. The quantitative estimate of drug-likeness (QED) is 0.637. The third-order valence-electron chi connectivity index (χ3n) is 4.07. The van der Waals surface area contributed by atoms with Crippen molar-refractivity contribution in [2.45, 2.75) is 64.9 Å². The first-order valence-corrected chi connectivity index (χ1v) is 9.17. The Morgan fingerprint density at radius 2 is 1.81 bits per heavy atom. The summed E-state index contributed by atoms with van der Waals surface area (Å²) in [5.41, 5.74) is 1.37. The number of hydrogen-bond donors (Lipinski definition) is 2. The van der Waals surface area contributed by atoms with Crippen LogP contribution in [0.5, 0.6) is 0 Å². The van der Waals surface area contributed by atoms with Gasteiger partial charge in [-0.15, -0.1) is 0 Å². The largest absolute Gasteiger partial charge is 0.465 e. The summed E-state index contributed by atoms with van der Waals surface area (Å²) in [5, 5.41) is 11.8. The van der Waals surface area contributed by atoms with Gasteiger partial charge >= 0.3 is 12.2 Å². The summed E-state index contributed by atoms with van der Waals surface area (Å²) in [6.45, 7) is 8.26. The van der Waals surface area contributed by atoms with Gasteiger partial charge in [-0.3, -0.25) is 4.90 Å². The van der Waals surface area contributed by atoms with Gasteiger partial charge in [-0.1, -0.05) is 25.5 Å². The number of anilines is 1. The van der Waals surface area contributed by atoms with Crippen LogP contribution in [0.1, 0.15) is 64.9 Å². The molecule has 0 bridgehead atoms. The zero-order valence-electron chi connectivity index (χ0n) is 16.5. The molecule has 2 amide bonds. The minimum Gasteiger partial charge on any atom is -0.465 e. The fourth-order valence-corrected chi connectivity index (χ4v) is 2.76. The van der Waals surface area contributed by atoms with Gasteiger partial charge in [0.1, 0.15) is 5.60 Å². The molecule has 2 N–H and O–H groups in total. The number of rotatable bonds is 8. The van der Waals surface area contributed by atoms with Gasteiger partial charge in [0.25, 0.3) is 0 Å². The van der Waals surface area contributed by atoms with Crippen LogP contribution in [-0.2, 0) is 4.74 Å². The van der Waals surface area contributed by atoms with Gasteiger partial charge in [0.05, 0.1) is 0 Å². The van der Waals surface area contributed by atoms with Crippen molar-refractivity contribution in [1.29, 1.82) is 0 Å². The summed E-state index contributed by atoms with van der Waals surface area (Å²) < 4.78 is 5.23. The van der Waals surface area contributed by atoms with E-state index in [2.05, 4.69) is 12.2 Å². The van der Waals surface area contributed by atoms with E-state index in [0.29, 0.717) is 18.2 Å². The first-order valence-electron chi connectivity index (χ1n) is 9.17. The lowest BCUT2D eigenvalue weighted by molar-refractivity contribution is 0.0526. The molecule has 0 aliphatic heterocycles. The van der Waals surface area contributed by atoms with Gasteiger partial charge in [0.15, 0.2) is 0 Å². The van der Waals surface area contributed by atoms with E-state index in [1.165, 1.54) is 17.5 Å². The van der Waals surface area contributed by atoms with E-state index in [0.717, 1.165) is 25.7 Å². The predicted molar refractivity (Wildman–Crippen MR) is 104 cm³/mol. The number of carbonyl (C=O) groups excluding carboxylic acids is 1. The number of nitrogens with zero attached hydrogens (tertiary/aromatic N) is 1. The maximum Gasteiger partial charge on any atom is 0.411 e. The van der Waals surface area contributed by atoms with Crippen molar-refractivity contribution >= 4 is 17.9 Å². The lowest BCUT2D eigenvalue weighted by Gasteiger charge is -2.21. The van der Waals surface area contributed by atoms with Crippen molar-refractivity contribution in [2.24, 2.45) is 0 Å². The Balaban J connectivity index is 2.55. The number of nitrogens with one attached hydrogen (secondary N) is 1. The van der Waals surface area contributed by atoms with E-state index in [4.69, 9.17) is 9.84 Å². The van der Waals surface area contributed by atoms with Crippen molar-refractivity contribution < 1.29 is 19.4 Å². The number of ether oxygens (including phenoxy) is 1. The number of carboxylic acid groups (broad SMARTS) is 1. The van der Waals surface area contributed by atoms with Gasteiger partial charge < -0.3 is 15.2 Å². The molecule has 0 aliphatic rings. The highest BCUT2D eigenvalue weighted by Gasteiger charge is 2.16. The summed E-state index contributed by atoms with van der Waals surface area (Å²) in [7, 11) is 1.53. The minimum atomic E-state index is -0.976. The molecule has 1 rings (SSSR count). The standard InChI is InChI=1S/C20H32N2O4/c1-6-8-15(9-7-14-21-18(23)26-20(2,3)4)16-10-12-17(13-11-16)22(5)19(24)25/h10-13,15H,6-9,14H2,1-5H3,(H,21,23)(H,24,25). The second-order valence-electron chi connectivity index (χ2n) is 7.49. The predicted octanol–water partition coefficient (Wildman–Crippen LogP) is 4.99. The van der Waals surface area contributed by atoms with Crippen LogP contribution in [0, 0.1) is 0 Å². The van der Waals surface area contributed by atoms with E-state index >= 15 is 0 Å². The van der Waals surface area contributed by atoms with Crippen molar-refractivity contribution in [1.82, 2.24) is 5.32 Å². The van der Waals surface area contributed by atoms with Crippen molar-refractivity contribution in [3.8, 4) is 0 Å². The molecule has 1 unspecified atom stereocenters. The normalized spacial score (nSPS) is 12.3. The molecule has 0 aliphatic carbocycles. The molecule has 26 heavy (non-hydrogen) atoms. The fraction of sp³-hybridized carbons (Fsp3) is 0.600. The van der Waals surface area contributed by atoms with Gasteiger partial charge in [-0.25, -0.2) is 9.59 Å². The zero-order chi connectivity index (χ0) is 19.7. The summed E-state index contributed by atoms with van der Waals surface area (Å²) in [6, 6.07) is 7.67. The number of carbonyl (C=O) groups is 2. The topological polar surface area (TPSA) is 78.9 Å². The average Bonchev–Trinajstić information content (AvgIpc) is 2.55. The molecule has 0 fully saturated rings. The van der Waals surface area contributed by atoms with E-state index in [1.807, 2.05) is 45.0 Å². The second-order valence-corrected chi connectivity index (χ2v) is 7.49. The molecule has 1 aromatic rings. The Hall–Kier alpha value is -2.24. The van der Waals surface area contributed by atoms with E-state index in [9.17, 15) is 9.59 Å². The number of amides is 2. The highest BCUT2D eigenvalue weighted by Crippen LogP contribution is 2.28.